The van der Waals surface area contributed by atoms with Crippen LogP contribution in [0.3, 0.4) is 0 Å². The molecule has 0 unspecified atom stereocenters. The van der Waals surface area contributed by atoms with Crippen molar-refractivity contribution in [1.82, 2.24) is 10.5 Å². The van der Waals surface area contributed by atoms with E-state index in [2.05, 4.69) is 15.8 Å². The zero-order valence-electron chi connectivity index (χ0n) is 15.9. The van der Waals surface area contributed by atoms with E-state index in [1.54, 1.807) is 0 Å². The van der Waals surface area contributed by atoms with Gasteiger partial charge in [0.2, 0.25) is 0 Å². The van der Waals surface area contributed by atoms with E-state index in [0.717, 1.165) is 17.9 Å². The molecule has 3 aromatic rings. The lowest BCUT2D eigenvalue weighted by molar-refractivity contribution is -0.384. The number of nitrogens with one attached hydrogen (secondary N) is 2. The quantitative estimate of drug-likeness (QED) is 0.315. The lowest BCUT2D eigenvalue weighted by atomic mass is 10.1. The lowest BCUT2D eigenvalue weighted by Gasteiger charge is -2.09. The molecule has 0 bridgehead atoms. The van der Waals surface area contributed by atoms with Crippen LogP contribution in [0.2, 0.25) is 0 Å². The molecule has 156 valence electrons. The number of benzene rings is 2. The van der Waals surface area contributed by atoms with Crippen molar-refractivity contribution in [2.24, 2.45) is 0 Å². The fraction of sp³-hybridized carbons (Fsp3) is 0.158. The summed E-state index contributed by atoms with van der Waals surface area (Å²) in [6, 6.07) is 14.3. The summed E-state index contributed by atoms with van der Waals surface area (Å²) in [6.07, 6.45) is 0.974. The highest BCUT2D eigenvalue weighted by molar-refractivity contribution is 7.90. The molecule has 0 spiro atoms. The first-order valence-corrected chi connectivity index (χ1v) is 10.7. The lowest BCUT2D eigenvalue weighted by Crippen LogP contribution is -2.29. The number of hydrogen-bond acceptors (Lipinski definition) is 8. The Balaban J connectivity index is 1.58. The van der Waals surface area contributed by atoms with Gasteiger partial charge in [0, 0.05) is 37.0 Å². The normalized spacial score (nSPS) is 11.1. The molecule has 0 aliphatic heterocycles. The van der Waals surface area contributed by atoms with Crippen molar-refractivity contribution < 1.29 is 22.7 Å². The highest BCUT2D eigenvalue weighted by atomic mass is 32.2. The SMILES string of the molecule is CS(=O)(=O)c1ccc(NCCNC(=O)c2cc(-c3ccccc3)on2)c([N+](=O)[O-])c1. The summed E-state index contributed by atoms with van der Waals surface area (Å²) < 4.78 is 28.3. The van der Waals surface area contributed by atoms with Gasteiger partial charge in [-0.25, -0.2) is 8.42 Å². The van der Waals surface area contributed by atoms with Crippen molar-refractivity contribution in [2.75, 3.05) is 24.7 Å². The predicted octanol–water partition coefficient (Wildman–Crippen LogP) is 2.50. The van der Waals surface area contributed by atoms with E-state index in [0.29, 0.717) is 5.76 Å². The van der Waals surface area contributed by atoms with E-state index in [9.17, 15) is 23.3 Å². The Bertz CT molecular complexity index is 1170. The number of nitro groups is 1. The number of aromatic nitrogens is 1. The van der Waals surface area contributed by atoms with E-state index < -0.39 is 20.7 Å². The van der Waals surface area contributed by atoms with Crippen LogP contribution in [0.4, 0.5) is 11.4 Å². The van der Waals surface area contributed by atoms with E-state index in [1.165, 1.54) is 18.2 Å². The van der Waals surface area contributed by atoms with Gasteiger partial charge in [0.1, 0.15) is 5.69 Å². The van der Waals surface area contributed by atoms with Crippen molar-refractivity contribution in [3.05, 3.63) is 70.4 Å². The van der Waals surface area contributed by atoms with Crippen LogP contribution in [0, 0.1) is 10.1 Å². The van der Waals surface area contributed by atoms with Gasteiger partial charge in [-0.1, -0.05) is 35.5 Å². The Hall–Kier alpha value is -3.73. The molecule has 0 aliphatic rings. The van der Waals surface area contributed by atoms with Crippen molar-refractivity contribution in [2.45, 2.75) is 4.90 Å². The second-order valence-electron chi connectivity index (χ2n) is 6.33. The fourth-order valence-corrected chi connectivity index (χ4v) is 3.27. The zero-order chi connectivity index (χ0) is 21.7. The molecule has 1 aromatic heterocycles. The maximum absolute atomic E-state index is 12.2. The van der Waals surface area contributed by atoms with Gasteiger partial charge >= 0.3 is 0 Å². The Labute approximate surface area is 172 Å². The Morgan fingerprint density at radius 3 is 2.53 bits per heavy atom. The maximum Gasteiger partial charge on any atom is 0.293 e. The Kier molecular flexibility index (Phi) is 6.11. The summed E-state index contributed by atoms with van der Waals surface area (Å²) >= 11 is 0. The second kappa shape index (κ2) is 8.74. The van der Waals surface area contributed by atoms with Crippen molar-refractivity contribution in [1.29, 1.82) is 0 Å². The Morgan fingerprint density at radius 2 is 1.87 bits per heavy atom. The van der Waals surface area contributed by atoms with Gasteiger partial charge in [0.25, 0.3) is 11.6 Å². The third kappa shape index (κ3) is 5.00. The molecule has 1 amide bonds. The Morgan fingerprint density at radius 1 is 1.13 bits per heavy atom. The average Bonchev–Trinajstić information content (AvgIpc) is 3.21. The minimum absolute atomic E-state index is 0.109. The van der Waals surface area contributed by atoms with E-state index in [-0.39, 0.29) is 35.1 Å². The molecule has 0 atom stereocenters. The van der Waals surface area contributed by atoms with Crippen LogP contribution in [0.5, 0.6) is 0 Å². The van der Waals surface area contributed by atoms with Crippen LogP contribution >= 0.6 is 0 Å². The number of nitro benzene ring substituents is 1. The van der Waals surface area contributed by atoms with Crippen LogP contribution in [0.25, 0.3) is 11.3 Å². The molecule has 0 saturated carbocycles. The van der Waals surface area contributed by atoms with Crippen LogP contribution in [-0.2, 0) is 9.84 Å². The number of sulfone groups is 1. The molecular weight excluding hydrogens is 412 g/mol. The molecule has 2 N–H and O–H groups in total. The van der Waals surface area contributed by atoms with Gasteiger partial charge in [-0.3, -0.25) is 14.9 Å². The van der Waals surface area contributed by atoms with Gasteiger partial charge in [-0.2, -0.15) is 0 Å². The standard InChI is InChI=1S/C19H18N4O6S/c1-30(27,28)14-7-8-15(17(11-14)23(25)26)20-9-10-21-19(24)16-12-18(29-22-16)13-5-3-2-4-6-13/h2-8,11-12,20H,9-10H2,1H3,(H,21,24). The van der Waals surface area contributed by atoms with Crippen molar-refractivity contribution in [3.63, 3.8) is 0 Å². The van der Waals surface area contributed by atoms with E-state index in [1.807, 2.05) is 30.3 Å². The molecule has 30 heavy (non-hydrogen) atoms. The fourth-order valence-electron chi connectivity index (χ4n) is 2.63. The third-order valence-electron chi connectivity index (χ3n) is 4.12. The van der Waals surface area contributed by atoms with Crippen LogP contribution < -0.4 is 10.6 Å². The first kappa shape index (κ1) is 21.0. The number of carbonyl (C=O) groups excluding carboxylic acids is 1. The largest absolute Gasteiger partial charge is 0.378 e. The number of anilines is 1. The monoisotopic (exact) mass is 430 g/mol. The average molecular weight is 430 g/mol. The number of hydrogen-bond donors (Lipinski definition) is 2. The van der Waals surface area contributed by atoms with E-state index >= 15 is 0 Å². The summed E-state index contributed by atoms with van der Waals surface area (Å²) in [4.78, 5) is 22.6. The molecular formula is C19H18N4O6S. The number of carbonyl (C=O) groups is 1. The molecule has 10 nitrogen and oxygen atoms in total. The van der Waals surface area contributed by atoms with Gasteiger partial charge in [-0.05, 0) is 12.1 Å². The summed E-state index contributed by atoms with van der Waals surface area (Å²) in [6.45, 7) is 0.325. The molecule has 3 rings (SSSR count). The predicted molar refractivity (Wildman–Crippen MR) is 109 cm³/mol. The van der Waals surface area contributed by atoms with Crippen LogP contribution in [0.1, 0.15) is 10.5 Å². The summed E-state index contributed by atoms with van der Waals surface area (Å²) in [5.41, 5.74) is 0.676. The smallest absolute Gasteiger partial charge is 0.293 e. The zero-order valence-corrected chi connectivity index (χ0v) is 16.7. The summed E-state index contributed by atoms with van der Waals surface area (Å²) in [7, 11) is -3.57. The minimum atomic E-state index is -3.57. The van der Waals surface area contributed by atoms with Gasteiger partial charge in [0.05, 0.1) is 9.82 Å². The molecule has 0 fully saturated rings. The first-order chi connectivity index (χ1) is 14.3. The van der Waals surface area contributed by atoms with Gasteiger partial charge in [0.15, 0.2) is 21.3 Å². The van der Waals surface area contributed by atoms with Crippen molar-refractivity contribution >= 4 is 27.1 Å². The van der Waals surface area contributed by atoms with Gasteiger partial charge in [-0.15, -0.1) is 0 Å². The molecule has 11 heteroatoms. The number of nitrogens with zero attached hydrogens (tertiary/aromatic N) is 2. The molecule has 0 saturated heterocycles. The molecule has 0 aliphatic carbocycles. The second-order valence-corrected chi connectivity index (χ2v) is 8.35. The van der Waals surface area contributed by atoms with Crippen LogP contribution in [-0.4, -0.2) is 43.8 Å². The highest BCUT2D eigenvalue weighted by Crippen LogP contribution is 2.27. The van der Waals surface area contributed by atoms with Crippen molar-refractivity contribution in [3.8, 4) is 11.3 Å². The summed E-state index contributed by atoms with van der Waals surface area (Å²) in [5, 5.41) is 20.4. The first-order valence-electron chi connectivity index (χ1n) is 8.78. The molecule has 0 radical (unpaired) electrons. The maximum atomic E-state index is 12.2. The van der Waals surface area contributed by atoms with Crippen LogP contribution in [0.15, 0.2) is 64.0 Å². The number of amides is 1. The summed E-state index contributed by atoms with van der Waals surface area (Å²) in [5.74, 6) is 0.00474. The topological polar surface area (TPSA) is 144 Å². The van der Waals surface area contributed by atoms with Gasteiger partial charge < -0.3 is 15.2 Å². The molecule has 1 heterocycles. The third-order valence-corrected chi connectivity index (χ3v) is 5.23. The molecule has 2 aromatic carbocycles. The highest BCUT2D eigenvalue weighted by Gasteiger charge is 2.19. The number of rotatable bonds is 8. The van der Waals surface area contributed by atoms with E-state index in [4.69, 9.17) is 4.52 Å². The minimum Gasteiger partial charge on any atom is -0.378 e.